The van der Waals surface area contributed by atoms with E-state index in [1.165, 1.54) is 21.3 Å². The third kappa shape index (κ3) is 4.42. The predicted molar refractivity (Wildman–Crippen MR) is 113 cm³/mol. The molecule has 1 unspecified atom stereocenters. The second-order valence-corrected chi connectivity index (χ2v) is 7.02. The van der Waals surface area contributed by atoms with Crippen LogP contribution < -0.4 is 25.3 Å². The number of nitrogens with zero attached hydrogens (tertiary/aromatic N) is 1. The minimum Gasteiger partial charge on any atom is -0.493 e. The number of likely N-dealkylation sites (tertiary alicyclic amines) is 1. The molecule has 0 aromatic heterocycles. The first-order chi connectivity index (χ1) is 14.5. The molecule has 30 heavy (non-hydrogen) atoms. The first-order valence-corrected chi connectivity index (χ1v) is 9.76. The molecule has 0 aliphatic carbocycles. The van der Waals surface area contributed by atoms with E-state index in [2.05, 4.69) is 5.32 Å². The molecule has 0 spiro atoms. The van der Waals surface area contributed by atoms with Crippen molar-refractivity contribution in [1.82, 2.24) is 10.2 Å². The van der Waals surface area contributed by atoms with E-state index in [1.54, 1.807) is 41.3 Å². The van der Waals surface area contributed by atoms with Crippen molar-refractivity contribution in [2.45, 2.75) is 25.4 Å². The summed E-state index contributed by atoms with van der Waals surface area (Å²) in [6, 6.07) is 9.97. The van der Waals surface area contributed by atoms with Crippen LogP contribution in [-0.4, -0.2) is 50.8 Å². The van der Waals surface area contributed by atoms with Crippen molar-refractivity contribution in [1.29, 1.82) is 0 Å². The lowest BCUT2D eigenvalue weighted by atomic mass is 10.0. The molecule has 2 aromatic carbocycles. The van der Waals surface area contributed by atoms with Crippen LogP contribution >= 0.6 is 0 Å². The van der Waals surface area contributed by atoms with E-state index in [-0.39, 0.29) is 11.8 Å². The average molecular weight is 413 g/mol. The van der Waals surface area contributed by atoms with Crippen molar-refractivity contribution < 1.29 is 23.8 Å². The highest BCUT2D eigenvalue weighted by molar-refractivity contribution is 5.97. The molecular formula is C22H27N3O5. The van der Waals surface area contributed by atoms with Gasteiger partial charge in [0, 0.05) is 23.4 Å². The molecule has 2 aromatic rings. The van der Waals surface area contributed by atoms with E-state index >= 15 is 0 Å². The first-order valence-electron chi connectivity index (χ1n) is 9.76. The lowest BCUT2D eigenvalue weighted by Gasteiger charge is -2.36. The number of nitrogens with two attached hydrogens (primary N) is 1. The Labute approximate surface area is 175 Å². The van der Waals surface area contributed by atoms with Crippen molar-refractivity contribution in [3.63, 3.8) is 0 Å². The first kappa shape index (κ1) is 21.3. The summed E-state index contributed by atoms with van der Waals surface area (Å²) >= 11 is 0. The number of nitrogen functional groups attached to an aromatic ring is 1. The zero-order chi connectivity index (χ0) is 21.7. The van der Waals surface area contributed by atoms with Gasteiger partial charge in [-0.25, -0.2) is 0 Å². The van der Waals surface area contributed by atoms with Crippen LogP contribution in [0.5, 0.6) is 17.2 Å². The maximum Gasteiger partial charge on any atom is 0.255 e. The van der Waals surface area contributed by atoms with Gasteiger partial charge in [0.25, 0.3) is 11.8 Å². The molecule has 0 bridgehead atoms. The van der Waals surface area contributed by atoms with Gasteiger partial charge in [-0.3, -0.25) is 9.59 Å². The van der Waals surface area contributed by atoms with E-state index in [9.17, 15) is 9.59 Å². The molecule has 0 saturated carbocycles. The van der Waals surface area contributed by atoms with Gasteiger partial charge in [-0.1, -0.05) is 0 Å². The zero-order valence-electron chi connectivity index (χ0n) is 17.4. The number of hydrogen-bond acceptors (Lipinski definition) is 6. The standard InChI is InChI=1S/C22H27N3O5/c1-28-17-12-15(13-18(29-2)20(17)30-3)21(26)24-19-6-4-5-11-25(19)22(27)14-7-9-16(23)10-8-14/h7-10,12-13,19H,4-6,11,23H2,1-3H3,(H,24,26). The third-order valence-corrected chi connectivity index (χ3v) is 5.15. The summed E-state index contributed by atoms with van der Waals surface area (Å²) in [6.07, 6.45) is 2.08. The number of nitrogens with one attached hydrogen (secondary N) is 1. The monoisotopic (exact) mass is 413 g/mol. The Morgan fingerprint density at radius 3 is 2.17 bits per heavy atom. The molecule has 160 valence electrons. The molecule has 2 amide bonds. The molecule has 1 heterocycles. The molecule has 8 heteroatoms. The van der Waals surface area contributed by atoms with Crippen molar-refractivity contribution in [3.05, 3.63) is 47.5 Å². The molecule has 1 atom stereocenters. The summed E-state index contributed by atoms with van der Waals surface area (Å²) in [5, 5.41) is 2.98. The normalized spacial score (nSPS) is 16.0. The second-order valence-electron chi connectivity index (χ2n) is 7.02. The van der Waals surface area contributed by atoms with E-state index < -0.39 is 6.17 Å². The summed E-state index contributed by atoms with van der Waals surface area (Å²) in [6.45, 7) is 0.573. The molecule has 3 N–H and O–H groups in total. The molecule has 3 rings (SSSR count). The van der Waals surface area contributed by atoms with Crippen LogP contribution in [0.1, 0.15) is 40.0 Å². The summed E-state index contributed by atoms with van der Waals surface area (Å²) in [7, 11) is 4.49. The maximum atomic E-state index is 13.0. The molecule has 1 aliphatic rings. The Balaban J connectivity index is 1.82. The van der Waals surface area contributed by atoms with Crippen molar-refractivity contribution >= 4 is 17.5 Å². The highest BCUT2D eigenvalue weighted by atomic mass is 16.5. The topological polar surface area (TPSA) is 103 Å². The lowest BCUT2D eigenvalue weighted by Crippen LogP contribution is -2.53. The second kappa shape index (κ2) is 9.39. The van der Waals surface area contributed by atoms with Crippen LogP contribution in [0.4, 0.5) is 5.69 Å². The summed E-state index contributed by atoms with van der Waals surface area (Å²) in [5.74, 6) is 0.733. The molecule has 1 aliphatic heterocycles. The number of anilines is 1. The highest BCUT2D eigenvalue weighted by Gasteiger charge is 2.29. The van der Waals surface area contributed by atoms with E-state index in [0.717, 1.165) is 12.8 Å². The summed E-state index contributed by atoms with van der Waals surface area (Å²) in [5.41, 5.74) is 7.21. The van der Waals surface area contributed by atoms with Crippen molar-refractivity contribution in [2.24, 2.45) is 0 Å². The number of amides is 2. The van der Waals surface area contributed by atoms with Crippen LogP contribution in [0.15, 0.2) is 36.4 Å². The Bertz CT molecular complexity index is 888. The van der Waals surface area contributed by atoms with Gasteiger partial charge in [-0.2, -0.15) is 0 Å². The van der Waals surface area contributed by atoms with E-state index in [1.807, 2.05) is 0 Å². The number of benzene rings is 2. The van der Waals surface area contributed by atoms with Gasteiger partial charge in [0.2, 0.25) is 5.75 Å². The van der Waals surface area contributed by atoms with Crippen molar-refractivity contribution in [3.8, 4) is 17.2 Å². The van der Waals surface area contributed by atoms with Crippen molar-refractivity contribution in [2.75, 3.05) is 33.6 Å². The van der Waals surface area contributed by atoms with Gasteiger partial charge in [-0.15, -0.1) is 0 Å². The average Bonchev–Trinajstić information content (AvgIpc) is 2.78. The number of carbonyl (C=O) groups is 2. The summed E-state index contributed by atoms with van der Waals surface area (Å²) in [4.78, 5) is 27.7. The fourth-order valence-corrected chi connectivity index (χ4v) is 3.56. The van der Waals surface area contributed by atoms with Crippen LogP contribution in [0, 0.1) is 0 Å². The van der Waals surface area contributed by atoms with Crippen LogP contribution in [0.25, 0.3) is 0 Å². The number of rotatable bonds is 6. The molecule has 1 saturated heterocycles. The van der Waals surface area contributed by atoms with Gasteiger partial charge < -0.3 is 30.2 Å². The smallest absolute Gasteiger partial charge is 0.255 e. The number of hydrogen-bond donors (Lipinski definition) is 2. The third-order valence-electron chi connectivity index (χ3n) is 5.15. The zero-order valence-corrected chi connectivity index (χ0v) is 17.4. The van der Waals surface area contributed by atoms with Gasteiger partial charge in [0.05, 0.1) is 21.3 Å². The minimum absolute atomic E-state index is 0.134. The number of methoxy groups -OCH3 is 3. The molecule has 8 nitrogen and oxygen atoms in total. The largest absolute Gasteiger partial charge is 0.493 e. The Hall–Kier alpha value is -3.42. The summed E-state index contributed by atoms with van der Waals surface area (Å²) < 4.78 is 16.0. The Kier molecular flexibility index (Phi) is 6.66. The van der Waals surface area contributed by atoms with Crippen LogP contribution in [0.3, 0.4) is 0 Å². The molecular weight excluding hydrogens is 386 g/mol. The maximum absolute atomic E-state index is 13.0. The van der Waals surface area contributed by atoms with Gasteiger partial charge in [-0.05, 0) is 55.7 Å². The quantitative estimate of drug-likeness (QED) is 0.706. The van der Waals surface area contributed by atoms with Crippen LogP contribution in [0.2, 0.25) is 0 Å². The van der Waals surface area contributed by atoms with Gasteiger partial charge in [0.1, 0.15) is 6.17 Å². The fraction of sp³-hybridized carbons (Fsp3) is 0.364. The van der Waals surface area contributed by atoms with E-state index in [0.29, 0.717) is 47.0 Å². The number of carbonyl (C=O) groups excluding carboxylic acids is 2. The van der Waals surface area contributed by atoms with Crippen LogP contribution in [-0.2, 0) is 0 Å². The molecule has 1 fully saturated rings. The Morgan fingerprint density at radius 2 is 1.60 bits per heavy atom. The number of ether oxygens (including phenoxy) is 3. The Morgan fingerprint density at radius 1 is 0.967 bits per heavy atom. The molecule has 0 radical (unpaired) electrons. The van der Waals surface area contributed by atoms with E-state index in [4.69, 9.17) is 19.9 Å². The van der Waals surface area contributed by atoms with Gasteiger partial charge >= 0.3 is 0 Å². The number of piperidine rings is 1. The van der Waals surface area contributed by atoms with Gasteiger partial charge in [0.15, 0.2) is 11.5 Å². The highest BCUT2D eigenvalue weighted by Crippen LogP contribution is 2.38. The minimum atomic E-state index is -0.407. The fourth-order valence-electron chi connectivity index (χ4n) is 3.56. The predicted octanol–water partition coefficient (Wildman–Crippen LogP) is 2.68. The SMILES string of the molecule is COc1cc(C(=O)NC2CCCCN2C(=O)c2ccc(N)cc2)cc(OC)c1OC. The lowest BCUT2D eigenvalue weighted by molar-refractivity contribution is 0.0539.